The van der Waals surface area contributed by atoms with Gasteiger partial charge in [-0.3, -0.25) is 14.5 Å². The Morgan fingerprint density at radius 3 is 2.39 bits per heavy atom. The van der Waals surface area contributed by atoms with Crippen LogP contribution in [0, 0.1) is 23.2 Å². The summed E-state index contributed by atoms with van der Waals surface area (Å²) in [6, 6.07) is 11.0. The Balaban J connectivity index is 1.80. The number of hydrogen-bond acceptors (Lipinski definition) is 5. The number of hydrogen-bond donors (Lipinski definition) is 2. The summed E-state index contributed by atoms with van der Waals surface area (Å²) in [6.07, 6.45) is 3.06. The number of nitrogens with one attached hydrogen (secondary N) is 1. The van der Waals surface area contributed by atoms with Crippen molar-refractivity contribution in [2.45, 2.75) is 37.8 Å². The lowest BCUT2D eigenvalue weighted by molar-refractivity contribution is -0.135. The summed E-state index contributed by atoms with van der Waals surface area (Å²) >= 11 is 0. The third-order valence-electron chi connectivity index (χ3n) is 5.80. The van der Waals surface area contributed by atoms with E-state index in [9.17, 15) is 14.9 Å². The standard InChI is InChI=1S/C21H28N4O3/c22-14-18(24-21(27)17-9-5-4-8-16(17)20(23)26)19(15-6-2-1-3-7-15)25-10-12-28-13-11-25/h1-3,6-7,16-19H,4-5,8-13H2,(H2,23,26)(H,24,27)/t16-,17+,18?,19-/m0/s1. The smallest absolute Gasteiger partial charge is 0.225 e. The maximum Gasteiger partial charge on any atom is 0.225 e. The minimum atomic E-state index is -0.719. The van der Waals surface area contributed by atoms with Crippen LogP contribution in [0.5, 0.6) is 0 Å². The molecule has 1 aromatic carbocycles. The molecule has 1 aliphatic carbocycles. The molecule has 2 aliphatic rings. The maximum atomic E-state index is 13.0. The van der Waals surface area contributed by atoms with Crippen LogP contribution in [0.2, 0.25) is 0 Å². The van der Waals surface area contributed by atoms with E-state index in [4.69, 9.17) is 10.5 Å². The number of nitrogens with zero attached hydrogens (tertiary/aromatic N) is 2. The van der Waals surface area contributed by atoms with E-state index in [1.165, 1.54) is 0 Å². The van der Waals surface area contributed by atoms with Crippen LogP contribution in [-0.4, -0.2) is 49.1 Å². The lowest BCUT2D eigenvalue weighted by Gasteiger charge is -2.38. The molecule has 2 fully saturated rings. The third-order valence-corrected chi connectivity index (χ3v) is 5.80. The number of morpholine rings is 1. The van der Waals surface area contributed by atoms with Crippen LogP contribution >= 0.6 is 0 Å². The number of carbonyl (C=O) groups excluding carboxylic acids is 2. The van der Waals surface area contributed by atoms with Crippen LogP contribution in [0.3, 0.4) is 0 Å². The second kappa shape index (κ2) is 9.67. The van der Waals surface area contributed by atoms with Gasteiger partial charge in [0.1, 0.15) is 6.04 Å². The second-order valence-corrected chi connectivity index (χ2v) is 7.52. The fourth-order valence-corrected chi connectivity index (χ4v) is 4.35. The van der Waals surface area contributed by atoms with Gasteiger partial charge in [-0.15, -0.1) is 0 Å². The lowest BCUT2D eigenvalue weighted by atomic mass is 9.78. The van der Waals surface area contributed by atoms with Crippen molar-refractivity contribution in [2.24, 2.45) is 17.6 Å². The third kappa shape index (κ3) is 4.70. The Kier molecular flexibility index (Phi) is 7.01. The van der Waals surface area contributed by atoms with Gasteiger partial charge >= 0.3 is 0 Å². The first-order valence-corrected chi connectivity index (χ1v) is 9.98. The van der Waals surface area contributed by atoms with E-state index in [1.807, 2.05) is 30.3 Å². The number of ether oxygens (including phenoxy) is 1. The highest BCUT2D eigenvalue weighted by Crippen LogP contribution is 2.31. The van der Waals surface area contributed by atoms with Gasteiger partial charge in [0.25, 0.3) is 0 Å². The van der Waals surface area contributed by atoms with Gasteiger partial charge in [0.05, 0.1) is 25.3 Å². The van der Waals surface area contributed by atoms with Gasteiger partial charge in [0.2, 0.25) is 11.8 Å². The number of nitrogens with two attached hydrogens (primary N) is 1. The normalized spacial score (nSPS) is 25.2. The molecule has 7 heteroatoms. The zero-order valence-corrected chi connectivity index (χ0v) is 16.0. The van der Waals surface area contributed by atoms with E-state index >= 15 is 0 Å². The van der Waals surface area contributed by atoms with Crippen molar-refractivity contribution in [3.8, 4) is 6.07 Å². The van der Waals surface area contributed by atoms with E-state index in [0.717, 1.165) is 18.4 Å². The molecule has 150 valence electrons. The molecular weight excluding hydrogens is 356 g/mol. The summed E-state index contributed by atoms with van der Waals surface area (Å²) in [7, 11) is 0. The van der Waals surface area contributed by atoms with Crippen LogP contribution < -0.4 is 11.1 Å². The first kappa shape index (κ1) is 20.3. The zero-order valence-electron chi connectivity index (χ0n) is 16.0. The highest BCUT2D eigenvalue weighted by molar-refractivity contribution is 5.87. The summed E-state index contributed by atoms with van der Waals surface area (Å²) < 4.78 is 5.45. The van der Waals surface area contributed by atoms with Gasteiger partial charge in [-0.05, 0) is 18.4 Å². The predicted molar refractivity (Wildman–Crippen MR) is 104 cm³/mol. The first-order valence-electron chi connectivity index (χ1n) is 9.98. The molecule has 0 spiro atoms. The molecule has 0 aromatic heterocycles. The molecule has 0 bridgehead atoms. The minimum absolute atomic E-state index is 0.246. The van der Waals surface area contributed by atoms with Crippen LogP contribution in [0.15, 0.2) is 30.3 Å². The molecule has 0 radical (unpaired) electrons. The molecular formula is C21H28N4O3. The second-order valence-electron chi connectivity index (χ2n) is 7.52. The number of benzene rings is 1. The molecule has 28 heavy (non-hydrogen) atoms. The summed E-state index contributed by atoms with van der Waals surface area (Å²) in [5.41, 5.74) is 6.50. The number of nitriles is 1. The minimum Gasteiger partial charge on any atom is -0.379 e. The van der Waals surface area contributed by atoms with E-state index in [1.54, 1.807) is 0 Å². The molecule has 1 aliphatic heterocycles. The van der Waals surface area contributed by atoms with Crippen molar-refractivity contribution >= 4 is 11.8 Å². The molecule has 1 unspecified atom stereocenters. The largest absolute Gasteiger partial charge is 0.379 e. The fourth-order valence-electron chi connectivity index (χ4n) is 4.35. The van der Waals surface area contributed by atoms with E-state index in [-0.39, 0.29) is 11.9 Å². The summed E-state index contributed by atoms with van der Waals surface area (Å²) in [6.45, 7) is 2.59. The molecule has 1 aromatic rings. The Bertz CT molecular complexity index is 712. The van der Waals surface area contributed by atoms with Crippen LogP contribution in [0.25, 0.3) is 0 Å². The lowest BCUT2D eigenvalue weighted by Crippen LogP contribution is -2.51. The van der Waals surface area contributed by atoms with Gasteiger partial charge < -0.3 is 15.8 Å². The van der Waals surface area contributed by atoms with Gasteiger partial charge in [0.15, 0.2) is 0 Å². The van der Waals surface area contributed by atoms with Crippen LogP contribution in [0.1, 0.15) is 37.3 Å². The predicted octanol–water partition coefficient (Wildman–Crippen LogP) is 1.36. The SMILES string of the molecule is N#CC(NC(=O)[C@@H]1CCCC[C@@H]1C(N)=O)[C@H](c1ccccc1)N1CCOCC1. The van der Waals surface area contributed by atoms with Gasteiger partial charge in [-0.25, -0.2) is 0 Å². The Hall–Kier alpha value is -2.43. The monoisotopic (exact) mass is 384 g/mol. The zero-order chi connectivity index (χ0) is 19.9. The van der Waals surface area contributed by atoms with Crippen LogP contribution in [-0.2, 0) is 14.3 Å². The summed E-state index contributed by atoms with van der Waals surface area (Å²) in [4.78, 5) is 26.9. The highest BCUT2D eigenvalue weighted by atomic mass is 16.5. The number of amides is 2. The average Bonchev–Trinajstić information content (AvgIpc) is 2.74. The number of carbonyl (C=O) groups is 2. The Morgan fingerprint density at radius 2 is 1.79 bits per heavy atom. The molecule has 3 N–H and O–H groups in total. The van der Waals surface area contributed by atoms with Crippen molar-refractivity contribution < 1.29 is 14.3 Å². The van der Waals surface area contributed by atoms with E-state index in [0.29, 0.717) is 39.1 Å². The van der Waals surface area contributed by atoms with E-state index < -0.39 is 23.8 Å². The van der Waals surface area contributed by atoms with Crippen LogP contribution in [0.4, 0.5) is 0 Å². The molecule has 1 saturated carbocycles. The number of rotatable bonds is 6. The Morgan fingerprint density at radius 1 is 1.14 bits per heavy atom. The number of primary amides is 1. The Labute approximate surface area is 165 Å². The maximum absolute atomic E-state index is 13.0. The van der Waals surface area contributed by atoms with Gasteiger partial charge in [-0.1, -0.05) is 43.2 Å². The average molecular weight is 384 g/mol. The van der Waals surface area contributed by atoms with Crippen molar-refractivity contribution in [3.63, 3.8) is 0 Å². The highest BCUT2D eigenvalue weighted by Gasteiger charge is 2.38. The molecule has 2 amide bonds. The van der Waals surface area contributed by atoms with Crippen molar-refractivity contribution in [2.75, 3.05) is 26.3 Å². The molecule has 1 heterocycles. The van der Waals surface area contributed by atoms with Crippen molar-refractivity contribution in [3.05, 3.63) is 35.9 Å². The quantitative estimate of drug-likeness (QED) is 0.770. The first-order chi connectivity index (χ1) is 13.6. The topological polar surface area (TPSA) is 108 Å². The van der Waals surface area contributed by atoms with Crippen molar-refractivity contribution in [1.29, 1.82) is 5.26 Å². The molecule has 1 saturated heterocycles. The summed E-state index contributed by atoms with van der Waals surface area (Å²) in [5, 5.41) is 12.8. The van der Waals surface area contributed by atoms with Crippen molar-refractivity contribution in [1.82, 2.24) is 10.2 Å². The van der Waals surface area contributed by atoms with Gasteiger partial charge in [-0.2, -0.15) is 5.26 Å². The van der Waals surface area contributed by atoms with Gasteiger partial charge in [0, 0.05) is 24.9 Å². The summed E-state index contributed by atoms with van der Waals surface area (Å²) in [5.74, 6) is -1.58. The molecule has 3 rings (SSSR count). The fraction of sp³-hybridized carbons (Fsp3) is 0.571. The molecule has 4 atom stereocenters. The molecule has 7 nitrogen and oxygen atoms in total. The van der Waals surface area contributed by atoms with E-state index in [2.05, 4.69) is 16.3 Å².